The predicted molar refractivity (Wildman–Crippen MR) is 111 cm³/mol. The van der Waals surface area contributed by atoms with Crippen molar-refractivity contribution in [2.75, 3.05) is 20.3 Å². The smallest absolute Gasteiger partial charge is 0.295 e. The van der Waals surface area contributed by atoms with E-state index in [0.29, 0.717) is 16.9 Å². The maximum absolute atomic E-state index is 12.9. The van der Waals surface area contributed by atoms with Crippen LogP contribution in [0.3, 0.4) is 0 Å². The van der Waals surface area contributed by atoms with Crippen LogP contribution >= 0.6 is 0 Å². The Balaban J connectivity index is 2.12. The van der Waals surface area contributed by atoms with E-state index in [4.69, 9.17) is 9.47 Å². The van der Waals surface area contributed by atoms with Crippen LogP contribution in [0.15, 0.2) is 54.1 Å². The molecule has 3 rings (SSSR count). The van der Waals surface area contributed by atoms with Crippen molar-refractivity contribution in [1.29, 1.82) is 0 Å². The number of aliphatic hydroxyl groups is 1. The number of amides is 1. The molecule has 1 heterocycles. The first-order valence-electron chi connectivity index (χ1n) is 9.67. The number of aromatic hydroxyl groups is 1. The minimum absolute atomic E-state index is 0.0107. The lowest BCUT2D eigenvalue weighted by Gasteiger charge is -2.25. The molecule has 1 atom stereocenters. The fraction of sp³-hybridized carbons (Fsp3) is 0.304. The Morgan fingerprint density at radius 2 is 1.83 bits per heavy atom. The summed E-state index contributed by atoms with van der Waals surface area (Å²) in [5, 5.41) is 20.7. The Kier molecular flexibility index (Phi) is 6.42. The zero-order valence-electron chi connectivity index (χ0n) is 17.2. The number of Topliss-reactive ketones (excluding diaryl/α,β-unsaturated/α-hetero) is 1. The highest BCUT2D eigenvalue weighted by Gasteiger charge is 2.45. The molecule has 0 radical (unpaired) electrons. The fourth-order valence-electron chi connectivity index (χ4n) is 3.45. The Hall–Kier alpha value is -3.32. The molecule has 1 unspecified atom stereocenters. The van der Waals surface area contributed by atoms with Crippen LogP contribution in [0.4, 0.5) is 0 Å². The summed E-state index contributed by atoms with van der Waals surface area (Å²) in [5.74, 6) is -1.14. The molecule has 2 aromatic rings. The van der Waals surface area contributed by atoms with E-state index in [0.717, 1.165) is 0 Å². The molecule has 7 nitrogen and oxygen atoms in total. The third kappa shape index (κ3) is 4.31. The number of phenols is 1. The highest BCUT2D eigenvalue weighted by atomic mass is 16.5. The molecule has 0 saturated carbocycles. The van der Waals surface area contributed by atoms with Gasteiger partial charge in [-0.2, -0.15) is 0 Å². The third-order valence-electron chi connectivity index (χ3n) is 4.76. The number of rotatable bonds is 7. The Bertz CT molecular complexity index is 964. The standard InChI is InChI=1S/C23H25NO6/c1-14(2)30-18-6-4-5-16(13-18)21(26)19-20(15-7-9-17(25)10-8-15)24(11-12-29-3)23(28)22(19)27/h4-10,13-14,20,25-26H,11-12H2,1-3H3/b21-19-. The SMILES string of the molecule is COCCN1C(=O)C(=O)/C(=C(\O)c2cccc(OC(C)C)c2)C1c1ccc(O)cc1. The van der Waals surface area contributed by atoms with Gasteiger partial charge in [0.1, 0.15) is 17.3 Å². The Labute approximate surface area is 175 Å². The highest BCUT2D eigenvalue weighted by Crippen LogP contribution is 2.39. The summed E-state index contributed by atoms with van der Waals surface area (Å²) in [6.07, 6.45) is -0.0565. The molecule has 2 N–H and O–H groups in total. The van der Waals surface area contributed by atoms with Crippen molar-refractivity contribution in [2.45, 2.75) is 26.0 Å². The van der Waals surface area contributed by atoms with Crippen molar-refractivity contribution < 1.29 is 29.3 Å². The van der Waals surface area contributed by atoms with Crippen molar-refractivity contribution in [2.24, 2.45) is 0 Å². The number of hydrogen-bond acceptors (Lipinski definition) is 6. The van der Waals surface area contributed by atoms with E-state index in [9.17, 15) is 19.8 Å². The van der Waals surface area contributed by atoms with Gasteiger partial charge in [0.2, 0.25) is 0 Å². The predicted octanol–water partition coefficient (Wildman–Crippen LogP) is 3.25. The molecular weight excluding hydrogens is 386 g/mol. The summed E-state index contributed by atoms with van der Waals surface area (Å²) < 4.78 is 10.8. The molecule has 0 aromatic heterocycles. The van der Waals surface area contributed by atoms with Crippen LogP contribution in [0.2, 0.25) is 0 Å². The molecule has 0 spiro atoms. The molecule has 1 fully saturated rings. The number of likely N-dealkylation sites (tertiary alicyclic amines) is 1. The van der Waals surface area contributed by atoms with E-state index in [2.05, 4.69) is 0 Å². The quantitative estimate of drug-likeness (QED) is 0.413. The van der Waals surface area contributed by atoms with E-state index in [1.807, 2.05) is 13.8 Å². The fourth-order valence-corrected chi connectivity index (χ4v) is 3.45. The monoisotopic (exact) mass is 411 g/mol. The number of carbonyl (C=O) groups excluding carboxylic acids is 2. The van der Waals surface area contributed by atoms with Crippen molar-refractivity contribution in [3.05, 3.63) is 65.2 Å². The number of phenolic OH excluding ortho intramolecular Hbond substituents is 1. The number of hydrogen-bond donors (Lipinski definition) is 2. The zero-order chi connectivity index (χ0) is 21.8. The van der Waals surface area contributed by atoms with E-state index in [1.165, 1.54) is 24.1 Å². The largest absolute Gasteiger partial charge is 0.508 e. The second kappa shape index (κ2) is 9.00. The Morgan fingerprint density at radius 3 is 2.47 bits per heavy atom. The van der Waals surface area contributed by atoms with Gasteiger partial charge in [-0.1, -0.05) is 24.3 Å². The maximum Gasteiger partial charge on any atom is 0.295 e. The number of carbonyl (C=O) groups is 2. The van der Waals surface area contributed by atoms with Gasteiger partial charge < -0.3 is 24.6 Å². The molecular formula is C23H25NO6. The second-order valence-electron chi connectivity index (χ2n) is 7.27. The second-order valence-corrected chi connectivity index (χ2v) is 7.27. The number of nitrogens with zero attached hydrogens (tertiary/aromatic N) is 1. The van der Waals surface area contributed by atoms with Gasteiger partial charge in [0.15, 0.2) is 0 Å². The number of benzene rings is 2. The maximum atomic E-state index is 12.9. The number of methoxy groups -OCH3 is 1. The van der Waals surface area contributed by atoms with Crippen LogP contribution in [-0.2, 0) is 14.3 Å². The average molecular weight is 411 g/mol. The van der Waals surface area contributed by atoms with Crippen LogP contribution < -0.4 is 4.74 Å². The van der Waals surface area contributed by atoms with Crippen LogP contribution in [0, 0.1) is 0 Å². The number of aliphatic hydroxyl groups excluding tert-OH is 1. The molecule has 0 bridgehead atoms. The van der Waals surface area contributed by atoms with Gasteiger partial charge in [0.05, 0.1) is 24.3 Å². The zero-order valence-corrected chi connectivity index (χ0v) is 17.2. The highest BCUT2D eigenvalue weighted by molar-refractivity contribution is 6.46. The summed E-state index contributed by atoms with van der Waals surface area (Å²) >= 11 is 0. The number of ketones is 1. The minimum Gasteiger partial charge on any atom is -0.508 e. The molecule has 1 amide bonds. The third-order valence-corrected chi connectivity index (χ3v) is 4.76. The van der Waals surface area contributed by atoms with Crippen LogP contribution in [-0.4, -0.2) is 53.2 Å². The molecule has 30 heavy (non-hydrogen) atoms. The van der Waals surface area contributed by atoms with Crippen molar-refractivity contribution >= 4 is 17.4 Å². The summed E-state index contributed by atoms with van der Waals surface area (Å²) in [6.45, 7) is 4.19. The first kappa shape index (κ1) is 21.4. The first-order chi connectivity index (χ1) is 14.3. The lowest BCUT2D eigenvalue weighted by molar-refractivity contribution is -0.140. The van der Waals surface area contributed by atoms with E-state index < -0.39 is 17.7 Å². The summed E-state index contributed by atoms with van der Waals surface area (Å²) in [4.78, 5) is 27.0. The summed E-state index contributed by atoms with van der Waals surface area (Å²) in [5.41, 5.74) is 0.962. The lowest BCUT2D eigenvalue weighted by Crippen LogP contribution is -2.32. The van der Waals surface area contributed by atoms with E-state index >= 15 is 0 Å². The number of ether oxygens (including phenoxy) is 2. The molecule has 1 aliphatic rings. The van der Waals surface area contributed by atoms with Gasteiger partial charge >= 0.3 is 0 Å². The van der Waals surface area contributed by atoms with Gasteiger partial charge in [-0.05, 0) is 43.7 Å². The van der Waals surface area contributed by atoms with Gasteiger partial charge in [-0.25, -0.2) is 0 Å². The lowest BCUT2D eigenvalue weighted by atomic mass is 9.95. The van der Waals surface area contributed by atoms with Gasteiger partial charge in [0.25, 0.3) is 11.7 Å². The van der Waals surface area contributed by atoms with Crippen LogP contribution in [0.1, 0.15) is 31.0 Å². The average Bonchev–Trinajstić information content (AvgIpc) is 2.96. The van der Waals surface area contributed by atoms with Gasteiger partial charge in [0, 0.05) is 19.2 Å². The van der Waals surface area contributed by atoms with Gasteiger partial charge in [-0.15, -0.1) is 0 Å². The van der Waals surface area contributed by atoms with Crippen molar-refractivity contribution in [3.63, 3.8) is 0 Å². The van der Waals surface area contributed by atoms with Crippen LogP contribution in [0.25, 0.3) is 5.76 Å². The van der Waals surface area contributed by atoms with Crippen molar-refractivity contribution in [1.82, 2.24) is 4.90 Å². The Morgan fingerprint density at radius 1 is 1.13 bits per heavy atom. The van der Waals surface area contributed by atoms with Crippen LogP contribution in [0.5, 0.6) is 11.5 Å². The summed E-state index contributed by atoms with van der Waals surface area (Å²) in [7, 11) is 1.51. The molecule has 158 valence electrons. The molecule has 0 aliphatic carbocycles. The van der Waals surface area contributed by atoms with Gasteiger partial charge in [-0.3, -0.25) is 9.59 Å². The normalized spacial score (nSPS) is 18.3. The topological polar surface area (TPSA) is 96.3 Å². The first-order valence-corrected chi connectivity index (χ1v) is 9.67. The van der Waals surface area contributed by atoms with Crippen molar-refractivity contribution in [3.8, 4) is 11.5 Å². The molecule has 2 aromatic carbocycles. The minimum atomic E-state index is -0.796. The van der Waals surface area contributed by atoms with E-state index in [1.54, 1.807) is 36.4 Å². The summed E-state index contributed by atoms with van der Waals surface area (Å²) in [6, 6.07) is 12.1. The molecule has 1 aliphatic heterocycles. The molecule has 7 heteroatoms. The van der Waals surface area contributed by atoms with E-state index in [-0.39, 0.29) is 36.3 Å². The molecule has 1 saturated heterocycles.